The Hall–Kier alpha value is -1.81. The lowest BCUT2D eigenvalue weighted by molar-refractivity contribution is -0.142. The van der Waals surface area contributed by atoms with Crippen LogP contribution in [-0.4, -0.2) is 42.9 Å². The lowest BCUT2D eigenvalue weighted by atomic mass is 10.2. The van der Waals surface area contributed by atoms with Gasteiger partial charge in [-0.2, -0.15) is 5.26 Å². The SMILES string of the molecule is COC(=O)CN(CCCC#N)NC(=O)OC(C)(C)C. The number of amides is 1. The fourth-order valence-corrected chi connectivity index (χ4v) is 1.17. The van der Waals surface area contributed by atoms with Gasteiger partial charge >= 0.3 is 12.1 Å². The molecule has 1 N–H and O–H groups in total. The van der Waals surface area contributed by atoms with Crippen molar-refractivity contribution in [3.8, 4) is 6.07 Å². The first-order valence-electron chi connectivity index (χ1n) is 5.97. The van der Waals surface area contributed by atoms with Crippen LogP contribution in [0.3, 0.4) is 0 Å². The molecule has 0 fully saturated rings. The molecule has 7 nitrogen and oxygen atoms in total. The Labute approximate surface area is 113 Å². The van der Waals surface area contributed by atoms with Gasteiger partial charge in [-0.15, -0.1) is 0 Å². The maximum atomic E-state index is 11.6. The van der Waals surface area contributed by atoms with E-state index in [9.17, 15) is 9.59 Å². The second-order valence-electron chi connectivity index (χ2n) is 4.87. The number of methoxy groups -OCH3 is 1. The van der Waals surface area contributed by atoms with Crippen molar-refractivity contribution in [1.82, 2.24) is 10.4 Å². The number of hydrazine groups is 1. The number of nitrogens with one attached hydrogen (secondary N) is 1. The van der Waals surface area contributed by atoms with Crippen LogP contribution in [0.15, 0.2) is 0 Å². The van der Waals surface area contributed by atoms with Crippen LogP contribution in [0, 0.1) is 11.3 Å². The fraction of sp³-hybridized carbons (Fsp3) is 0.750. The van der Waals surface area contributed by atoms with E-state index in [-0.39, 0.29) is 6.54 Å². The number of esters is 1. The van der Waals surface area contributed by atoms with Crippen molar-refractivity contribution in [3.05, 3.63) is 0 Å². The topological polar surface area (TPSA) is 91.7 Å². The number of ether oxygens (including phenoxy) is 2. The monoisotopic (exact) mass is 271 g/mol. The minimum absolute atomic E-state index is 0.0961. The van der Waals surface area contributed by atoms with Gasteiger partial charge in [0.25, 0.3) is 0 Å². The summed E-state index contributed by atoms with van der Waals surface area (Å²) in [5.41, 5.74) is 1.84. The Morgan fingerprint density at radius 2 is 2.00 bits per heavy atom. The summed E-state index contributed by atoms with van der Waals surface area (Å²) >= 11 is 0. The van der Waals surface area contributed by atoms with Gasteiger partial charge in [0.2, 0.25) is 0 Å². The molecule has 0 aromatic heterocycles. The predicted octanol–water partition coefficient (Wildman–Crippen LogP) is 1.20. The van der Waals surface area contributed by atoms with Gasteiger partial charge in [-0.25, -0.2) is 9.80 Å². The number of unbranched alkanes of at least 4 members (excludes halogenated alkanes) is 1. The summed E-state index contributed by atoms with van der Waals surface area (Å²) in [7, 11) is 1.27. The molecule has 0 saturated heterocycles. The van der Waals surface area contributed by atoms with Crippen LogP contribution in [0.5, 0.6) is 0 Å². The Bertz CT molecular complexity index is 344. The first kappa shape index (κ1) is 17.2. The molecule has 0 spiro atoms. The van der Waals surface area contributed by atoms with E-state index in [0.29, 0.717) is 19.4 Å². The number of nitriles is 1. The van der Waals surface area contributed by atoms with Crippen molar-refractivity contribution >= 4 is 12.1 Å². The number of hydrogen-bond acceptors (Lipinski definition) is 6. The molecule has 0 aliphatic carbocycles. The maximum Gasteiger partial charge on any atom is 0.422 e. The van der Waals surface area contributed by atoms with Gasteiger partial charge in [0, 0.05) is 13.0 Å². The van der Waals surface area contributed by atoms with Crippen LogP contribution < -0.4 is 5.43 Å². The van der Waals surface area contributed by atoms with Crippen LogP contribution >= 0.6 is 0 Å². The van der Waals surface area contributed by atoms with E-state index < -0.39 is 17.7 Å². The summed E-state index contributed by atoms with van der Waals surface area (Å²) in [6, 6.07) is 2.00. The molecule has 0 aromatic rings. The molecule has 0 saturated carbocycles. The Morgan fingerprint density at radius 3 is 2.47 bits per heavy atom. The fourth-order valence-electron chi connectivity index (χ4n) is 1.17. The van der Waals surface area contributed by atoms with E-state index in [4.69, 9.17) is 10.00 Å². The van der Waals surface area contributed by atoms with Crippen LogP contribution in [0.25, 0.3) is 0 Å². The third kappa shape index (κ3) is 9.85. The van der Waals surface area contributed by atoms with Gasteiger partial charge in [-0.1, -0.05) is 0 Å². The van der Waals surface area contributed by atoms with Crippen LogP contribution in [0.1, 0.15) is 33.6 Å². The molecule has 0 unspecified atom stereocenters. The first-order valence-corrected chi connectivity index (χ1v) is 5.97. The highest BCUT2D eigenvalue weighted by Crippen LogP contribution is 2.06. The second-order valence-corrected chi connectivity index (χ2v) is 4.87. The highest BCUT2D eigenvalue weighted by atomic mass is 16.6. The van der Waals surface area contributed by atoms with Crippen molar-refractivity contribution in [1.29, 1.82) is 5.26 Å². The van der Waals surface area contributed by atoms with Crippen molar-refractivity contribution in [2.45, 2.75) is 39.2 Å². The third-order valence-corrected chi connectivity index (χ3v) is 1.91. The molecule has 0 bridgehead atoms. The van der Waals surface area contributed by atoms with Gasteiger partial charge in [0.15, 0.2) is 0 Å². The summed E-state index contributed by atoms with van der Waals surface area (Å²) in [6.45, 7) is 5.50. The highest BCUT2D eigenvalue weighted by molar-refractivity contribution is 5.72. The van der Waals surface area contributed by atoms with Crippen molar-refractivity contribution in [2.24, 2.45) is 0 Å². The van der Waals surface area contributed by atoms with Gasteiger partial charge in [0.1, 0.15) is 12.1 Å². The molecule has 0 aromatic carbocycles. The van der Waals surface area contributed by atoms with E-state index in [2.05, 4.69) is 10.2 Å². The van der Waals surface area contributed by atoms with Crippen LogP contribution in [0.2, 0.25) is 0 Å². The quantitative estimate of drug-likeness (QED) is 0.443. The molecule has 0 aliphatic rings. The van der Waals surface area contributed by atoms with Crippen LogP contribution in [0.4, 0.5) is 4.79 Å². The largest absolute Gasteiger partial charge is 0.468 e. The van der Waals surface area contributed by atoms with E-state index >= 15 is 0 Å². The van der Waals surface area contributed by atoms with Gasteiger partial charge in [-0.05, 0) is 27.2 Å². The van der Waals surface area contributed by atoms with E-state index in [0.717, 1.165) is 0 Å². The zero-order valence-corrected chi connectivity index (χ0v) is 11.9. The molecule has 0 aliphatic heterocycles. The number of carbonyl (C=O) groups excluding carboxylic acids is 2. The molecule has 19 heavy (non-hydrogen) atoms. The average Bonchev–Trinajstić information content (AvgIpc) is 2.26. The number of carbonyl (C=O) groups is 2. The van der Waals surface area contributed by atoms with Gasteiger partial charge in [-0.3, -0.25) is 10.2 Å². The van der Waals surface area contributed by atoms with E-state index in [1.165, 1.54) is 12.1 Å². The Kier molecular flexibility index (Phi) is 7.53. The normalized spacial score (nSPS) is 10.7. The second kappa shape index (κ2) is 8.32. The summed E-state index contributed by atoms with van der Waals surface area (Å²) in [6.07, 6.45) is 0.227. The van der Waals surface area contributed by atoms with E-state index in [1.54, 1.807) is 20.8 Å². The third-order valence-electron chi connectivity index (χ3n) is 1.91. The van der Waals surface area contributed by atoms with Crippen LogP contribution in [-0.2, 0) is 14.3 Å². The summed E-state index contributed by atoms with van der Waals surface area (Å²) in [4.78, 5) is 22.8. The minimum atomic E-state index is -0.645. The van der Waals surface area contributed by atoms with Crippen molar-refractivity contribution in [3.63, 3.8) is 0 Å². The molecule has 0 radical (unpaired) electrons. The summed E-state index contributed by atoms with van der Waals surface area (Å²) in [5.74, 6) is -0.479. The smallest absolute Gasteiger partial charge is 0.422 e. The van der Waals surface area contributed by atoms with Crippen molar-refractivity contribution < 1.29 is 19.1 Å². The standard InChI is InChI=1S/C12H21N3O4/c1-12(2,3)19-11(17)14-15(8-6-5-7-13)9-10(16)18-4/h5-6,8-9H2,1-4H3,(H,14,17). The average molecular weight is 271 g/mol. The highest BCUT2D eigenvalue weighted by Gasteiger charge is 2.19. The molecule has 0 atom stereocenters. The molecule has 7 heteroatoms. The maximum absolute atomic E-state index is 11.6. The van der Waals surface area contributed by atoms with Gasteiger partial charge in [0.05, 0.1) is 13.2 Å². The molecular weight excluding hydrogens is 250 g/mol. The van der Waals surface area contributed by atoms with Crippen molar-refractivity contribution in [2.75, 3.05) is 20.2 Å². The number of nitrogens with zero attached hydrogens (tertiary/aromatic N) is 2. The minimum Gasteiger partial charge on any atom is -0.468 e. The lowest BCUT2D eigenvalue weighted by Gasteiger charge is -2.25. The zero-order chi connectivity index (χ0) is 14.9. The number of hydrogen-bond donors (Lipinski definition) is 1. The first-order chi connectivity index (χ1) is 8.78. The predicted molar refractivity (Wildman–Crippen MR) is 67.8 cm³/mol. The number of rotatable bonds is 6. The summed E-state index contributed by atoms with van der Waals surface area (Å²) < 4.78 is 9.61. The molecule has 0 heterocycles. The molecular formula is C12H21N3O4. The van der Waals surface area contributed by atoms with E-state index in [1.807, 2.05) is 6.07 Å². The summed E-state index contributed by atoms with van der Waals surface area (Å²) in [5, 5.41) is 9.84. The molecule has 108 valence electrons. The molecule has 0 rings (SSSR count). The molecule has 1 amide bonds. The zero-order valence-electron chi connectivity index (χ0n) is 11.9. The lowest BCUT2D eigenvalue weighted by Crippen LogP contribution is -2.47. The Balaban J connectivity index is 4.35. The van der Waals surface area contributed by atoms with Gasteiger partial charge < -0.3 is 9.47 Å². The Morgan fingerprint density at radius 1 is 1.37 bits per heavy atom.